The molecule has 0 amide bonds. The fourth-order valence-electron chi connectivity index (χ4n) is 1.86. The summed E-state index contributed by atoms with van der Waals surface area (Å²) in [6.07, 6.45) is 3.43. The SMILES string of the molecule is CC(Nc1cnccc1Cl)c1ccc(N(C)C)cc1. The molecule has 3 nitrogen and oxygen atoms in total. The zero-order valence-corrected chi connectivity index (χ0v) is 12.1. The molecule has 0 aliphatic heterocycles. The maximum Gasteiger partial charge on any atom is 0.0720 e. The van der Waals surface area contributed by atoms with E-state index in [-0.39, 0.29) is 6.04 Å². The van der Waals surface area contributed by atoms with Crippen molar-refractivity contribution in [1.82, 2.24) is 4.98 Å². The number of nitrogens with zero attached hydrogens (tertiary/aromatic N) is 2. The fraction of sp³-hybridized carbons (Fsp3) is 0.267. The zero-order valence-electron chi connectivity index (χ0n) is 11.4. The van der Waals surface area contributed by atoms with Gasteiger partial charge in [0, 0.05) is 32.0 Å². The third kappa shape index (κ3) is 3.38. The number of aromatic nitrogens is 1. The lowest BCUT2D eigenvalue weighted by Crippen LogP contribution is -2.10. The van der Waals surface area contributed by atoms with Crippen molar-refractivity contribution in [3.05, 3.63) is 53.3 Å². The molecule has 1 unspecified atom stereocenters. The summed E-state index contributed by atoms with van der Waals surface area (Å²) in [5, 5.41) is 4.05. The van der Waals surface area contributed by atoms with Gasteiger partial charge in [0.15, 0.2) is 0 Å². The van der Waals surface area contributed by atoms with Crippen LogP contribution in [0.25, 0.3) is 0 Å². The van der Waals surface area contributed by atoms with Crippen LogP contribution in [0.3, 0.4) is 0 Å². The first-order chi connectivity index (χ1) is 9.08. The van der Waals surface area contributed by atoms with E-state index in [4.69, 9.17) is 11.6 Å². The lowest BCUT2D eigenvalue weighted by molar-refractivity contribution is 0.882. The van der Waals surface area contributed by atoms with Gasteiger partial charge in [-0.05, 0) is 30.7 Å². The van der Waals surface area contributed by atoms with Crippen molar-refractivity contribution in [2.75, 3.05) is 24.3 Å². The van der Waals surface area contributed by atoms with Crippen molar-refractivity contribution in [3.8, 4) is 0 Å². The third-order valence-electron chi connectivity index (χ3n) is 3.05. The van der Waals surface area contributed by atoms with Gasteiger partial charge in [0.25, 0.3) is 0 Å². The Morgan fingerprint density at radius 2 is 1.84 bits per heavy atom. The summed E-state index contributed by atoms with van der Waals surface area (Å²) >= 11 is 6.11. The van der Waals surface area contributed by atoms with Gasteiger partial charge in [-0.15, -0.1) is 0 Å². The minimum atomic E-state index is 0.179. The Morgan fingerprint density at radius 1 is 1.16 bits per heavy atom. The van der Waals surface area contributed by atoms with Gasteiger partial charge in [0.2, 0.25) is 0 Å². The van der Waals surface area contributed by atoms with Crippen LogP contribution in [-0.4, -0.2) is 19.1 Å². The van der Waals surface area contributed by atoms with E-state index in [0.717, 1.165) is 5.69 Å². The Labute approximate surface area is 119 Å². The first-order valence-corrected chi connectivity index (χ1v) is 6.59. The van der Waals surface area contributed by atoms with Gasteiger partial charge in [-0.25, -0.2) is 0 Å². The molecule has 0 radical (unpaired) electrons. The van der Waals surface area contributed by atoms with Crippen molar-refractivity contribution >= 4 is 23.0 Å². The highest BCUT2D eigenvalue weighted by molar-refractivity contribution is 6.33. The Hall–Kier alpha value is -1.74. The molecule has 2 aromatic rings. The number of halogens is 1. The molecule has 1 aromatic carbocycles. The molecule has 0 saturated heterocycles. The largest absolute Gasteiger partial charge is 0.378 e. The van der Waals surface area contributed by atoms with Crippen molar-refractivity contribution in [2.24, 2.45) is 0 Å². The maximum atomic E-state index is 6.11. The second-order valence-electron chi connectivity index (χ2n) is 4.71. The van der Waals surface area contributed by atoms with E-state index >= 15 is 0 Å². The quantitative estimate of drug-likeness (QED) is 0.915. The maximum absolute atomic E-state index is 6.11. The van der Waals surface area contributed by atoms with E-state index < -0.39 is 0 Å². The zero-order chi connectivity index (χ0) is 13.8. The van der Waals surface area contributed by atoms with Crippen LogP contribution >= 0.6 is 11.6 Å². The Bertz CT molecular complexity index is 537. The van der Waals surface area contributed by atoms with Gasteiger partial charge in [-0.1, -0.05) is 23.7 Å². The molecular formula is C15H18ClN3. The van der Waals surface area contributed by atoms with Crippen molar-refractivity contribution < 1.29 is 0 Å². The van der Waals surface area contributed by atoms with Crippen LogP contribution in [0.15, 0.2) is 42.7 Å². The number of anilines is 2. The highest BCUT2D eigenvalue weighted by atomic mass is 35.5. The van der Waals surface area contributed by atoms with Crippen LogP contribution in [-0.2, 0) is 0 Å². The van der Waals surface area contributed by atoms with Crippen molar-refractivity contribution in [1.29, 1.82) is 0 Å². The molecule has 100 valence electrons. The second-order valence-corrected chi connectivity index (χ2v) is 5.11. The van der Waals surface area contributed by atoms with E-state index in [1.54, 1.807) is 18.5 Å². The van der Waals surface area contributed by atoms with Gasteiger partial charge in [0.1, 0.15) is 0 Å². The summed E-state index contributed by atoms with van der Waals surface area (Å²) in [6.45, 7) is 2.11. The summed E-state index contributed by atoms with van der Waals surface area (Å²) in [5.74, 6) is 0. The standard InChI is InChI=1S/C15H18ClN3/c1-11(18-15-10-17-9-8-14(15)16)12-4-6-13(7-5-12)19(2)3/h4-11,18H,1-3H3. The number of hydrogen-bond acceptors (Lipinski definition) is 3. The Balaban J connectivity index is 2.12. The van der Waals surface area contributed by atoms with E-state index in [9.17, 15) is 0 Å². The minimum Gasteiger partial charge on any atom is -0.378 e. The van der Waals surface area contributed by atoms with Gasteiger partial charge in [-0.3, -0.25) is 4.98 Å². The highest BCUT2D eigenvalue weighted by Crippen LogP contribution is 2.25. The lowest BCUT2D eigenvalue weighted by atomic mass is 10.1. The topological polar surface area (TPSA) is 28.2 Å². The molecule has 1 atom stereocenters. The van der Waals surface area contributed by atoms with Gasteiger partial charge < -0.3 is 10.2 Å². The minimum absolute atomic E-state index is 0.179. The van der Waals surface area contributed by atoms with Gasteiger partial charge in [-0.2, -0.15) is 0 Å². The smallest absolute Gasteiger partial charge is 0.0720 e. The van der Waals surface area contributed by atoms with E-state index in [1.165, 1.54) is 11.3 Å². The second kappa shape index (κ2) is 5.93. The van der Waals surface area contributed by atoms with E-state index in [0.29, 0.717) is 5.02 Å². The number of nitrogens with one attached hydrogen (secondary N) is 1. The van der Waals surface area contributed by atoms with Crippen LogP contribution in [0.5, 0.6) is 0 Å². The first kappa shape index (κ1) is 13.7. The van der Waals surface area contributed by atoms with Crippen LogP contribution < -0.4 is 10.2 Å². The average Bonchev–Trinajstić information content (AvgIpc) is 2.41. The van der Waals surface area contributed by atoms with Gasteiger partial charge in [0.05, 0.1) is 16.9 Å². The highest BCUT2D eigenvalue weighted by Gasteiger charge is 2.08. The molecule has 0 spiro atoms. The fourth-order valence-corrected chi connectivity index (χ4v) is 2.02. The Morgan fingerprint density at radius 3 is 2.42 bits per heavy atom. The summed E-state index contributed by atoms with van der Waals surface area (Å²) in [5.41, 5.74) is 3.26. The predicted octanol–water partition coefficient (Wildman–Crippen LogP) is 3.97. The molecular weight excluding hydrogens is 258 g/mol. The molecule has 19 heavy (non-hydrogen) atoms. The van der Waals surface area contributed by atoms with Crippen LogP contribution in [0, 0.1) is 0 Å². The molecule has 1 aromatic heterocycles. The van der Waals surface area contributed by atoms with Crippen molar-refractivity contribution in [3.63, 3.8) is 0 Å². The summed E-state index contributed by atoms with van der Waals surface area (Å²) in [4.78, 5) is 6.16. The van der Waals surface area contributed by atoms with Crippen molar-refractivity contribution in [2.45, 2.75) is 13.0 Å². The molecule has 4 heteroatoms. The molecule has 0 fully saturated rings. The molecule has 0 aliphatic rings. The van der Waals surface area contributed by atoms with Gasteiger partial charge >= 0.3 is 0 Å². The molecule has 0 saturated carbocycles. The normalized spacial score (nSPS) is 12.0. The molecule has 1 N–H and O–H groups in total. The van der Waals surface area contributed by atoms with Crippen LogP contribution in [0.2, 0.25) is 5.02 Å². The number of benzene rings is 1. The van der Waals surface area contributed by atoms with E-state index in [2.05, 4.69) is 46.4 Å². The molecule has 2 rings (SSSR count). The molecule has 1 heterocycles. The average molecular weight is 276 g/mol. The number of pyridine rings is 1. The number of hydrogen-bond donors (Lipinski definition) is 1. The summed E-state index contributed by atoms with van der Waals surface area (Å²) in [7, 11) is 4.07. The van der Waals surface area contributed by atoms with E-state index in [1.807, 2.05) is 14.1 Å². The monoisotopic (exact) mass is 275 g/mol. The summed E-state index contributed by atoms with van der Waals surface area (Å²) < 4.78 is 0. The summed E-state index contributed by atoms with van der Waals surface area (Å²) in [6, 6.07) is 10.4. The first-order valence-electron chi connectivity index (χ1n) is 6.21. The number of rotatable bonds is 4. The molecule has 0 bridgehead atoms. The van der Waals surface area contributed by atoms with Crippen LogP contribution in [0.1, 0.15) is 18.5 Å². The third-order valence-corrected chi connectivity index (χ3v) is 3.38. The van der Waals surface area contributed by atoms with Crippen LogP contribution in [0.4, 0.5) is 11.4 Å². The Kier molecular flexibility index (Phi) is 4.27. The molecule has 0 aliphatic carbocycles. The predicted molar refractivity (Wildman–Crippen MR) is 82.1 cm³/mol. The lowest BCUT2D eigenvalue weighted by Gasteiger charge is -2.18.